The number of nitrogens with one attached hydrogen (secondary N) is 3. The fraction of sp³-hybridized carbons (Fsp3) is 0.462. The van der Waals surface area contributed by atoms with E-state index in [0.717, 1.165) is 5.56 Å². The monoisotopic (exact) mass is 538 g/mol. The van der Waals surface area contributed by atoms with E-state index in [0.29, 0.717) is 38.2 Å². The van der Waals surface area contributed by atoms with Crippen LogP contribution in [0.2, 0.25) is 0 Å². The molecule has 1 rings (SSSR count). The van der Waals surface area contributed by atoms with E-state index in [1.165, 1.54) is 20.1 Å². The third-order valence-corrected chi connectivity index (χ3v) is 5.21. The number of hydrogen-bond donors (Lipinski definition) is 4. The van der Waals surface area contributed by atoms with Crippen LogP contribution in [0.3, 0.4) is 0 Å². The number of methoxy groups -OCH3 is 1. The molecular weight excluding hydrogens is 500 g/mol. The molecule has 3 amide bonds. The zero-order valence-corrected chi connectivity index (χ0v) is 22.3. The quantitative estimate of drug-likeness (QED) is 0.134. The average Bonchev–Trinajstić information content (AvgIpc) is 2.86. The van der Waals surface area contributed by atoms with Crippen molar-refractivity contribution < 1.29 is 28.7 Å². The average molecular weight is 539 g/mol. The topological polar surface area (TPSA) is 149 Å². The van der Waals surface area contributed by atoms with Gasteiger partial charge in [-0.2, -0.15) is 0 Å². The van der Waals surface area contributed by atoms with Crippen molar-refractivity contribution in [2.24, 2.45) is 5.73 Å². The van der Waals surface area contributed by atoms with Crippen molar-refractivity contribution in [1.29, 1.82) is 0 Å². The highest BCUT2D eigenvalue weighted by Crippen LogP contribution is 2.14. The summed E-state index contributed by atoms with van der Waals surface area (Å²) in [7, 11) is 1.22. The van der Waals surface area contributed by atoms with E-state index in [1.807, 2.05) is 0 Å². The molecule has 0 aliphatic carbocycles. The molecule has 0 saturated heterocycles. The molecule has 0 bridgehead atoms. The second-order valence-corrected chi connectivity index (χ2v) is 8.16. The molecule has 0 heterocycles. The van der Waals surface area contributed by atoms with Crippen LogP contribution in [0.25, 0.3) is 0 Å². The van der Waals surface area contributed by atoms with Gasteiger partial charge in [0.05, 0.1) is 7.11 Å². The second kappa shape index (κ2) is 18.8. The predicted molar refractivity (Wildman–Crippen MR) is 144 cm³/mol. The minimum absolute atomic E-state index is 0. The summed E-state index contributed by atoms with van der Waals surface area (Å²) in [6, 6.07) is 4.32. The Morgan fingerprint density at radius 2 is 1.57 bits per heavy atom. The number of amides is 3. The van der Waals surface area contributed by atoms with E-state index in [1.54, 1.807) is 30.3 Å². The molecule has 0 radical (unpaired) electrons. The van der Waals surface area contributed by atoms with Crippen molar-refractivity contribution in [3.8, 4) is 5.75 Å². The van der Waals surface area contributed by atoms with Crippen LogP contribution in [0.4, 0.5) is 0 Å². The first kappa shape index (κ1) is 33.6. The van der Waals surface area contributed by atoms with Gasteiger partial charge in [0.2, 0.25) is 17.7 Å². The summed E-state index contributed by atoms with van der Waals surface area (Å²) in [6.07, 6.45) is 5.03. The number of benzene rings is 1. The normalized spacial score (nSPS) is 12.5. The van der Waals surface area contributed by atoms with E-state index < -0.39 is 35.9 Å². The minimum atomic E-state index is -0.938. The Bertz CT molecular complexity index is 894. The lowest BCUT2D eigenvalue weighted by Crippen LogP contribution is -2.56. The molecule has 3 atom stereocenters. The van der Waals surface area contributed by atoms with Crippen LogP contribution >= 0.6 is 12.4 Å². The maximum atomic E-state index is 13.2. The van der Waals surface area contributed by atoms with Crippen LogP contribution in [0.5, 0.6) is 5.75 Å². The number of nitrogens with two attached hydrogens (primary N) is 1. The highest BCUT2D eigenvalue weighted by molar-refractivity contribution is 5.93. The van der Waals surface area contributed by atoms with Gasteiger partial charge in [0.15, 0.2) is 0 Å². The summed E-state index contributed by atoms with van der Waals surface area (Å²) in [4.78, 5) is 50.0. The van der Waals surface area contributed by atoms with E-state index in [-0.39, 0.29) is 31.2 Å². The Kier molecular flexibility index (Phi) is 17.1. The van der Waals surface area contributed by atoms with Crippen LogP contribution in [-0.2, 0) is 30.3 Å². The SMILES string of the molecule is C=CCOc1ccc(C[C@H](NC(C)=O)C(=O)N[C@@H](CCCCN)C(=O)N[C@@H](CC=C)C(=O)OC)cc1.Cl. The van der Waals surface area contributed by atoms with E-state index in [2.05, 4.69) is 29.1 Å². The van der Waals surface area contributed by atoms with Gasteiger partial charge in [-0.05, 0) is 49.9 Å². The summed E-state index contributed by atoms with van der Waals surface area (Å²) in [5.41, 5.74) is 6.36. The number of esters is 1. The molecule has 0 aliphatic heterocycles. The highest BCUT2D eigenvalue weighted by Gasteiger charge is 2.29. The van der Waals surface area contributed by atoms with Gasteiger partial charge in [0.1, 0.15) is 30.5 Å². The van der Waals surface area contributed by atoms with Gasteiger partial charge in [0.25, 0.3) is 0 Å². The fourth-order valence-electron chi connectivity index (χ4n) is 3.40. The molecule has 37 heavy (non-hydrogen) atoms. The first-order valence-corrected chi connectivity index (χ1v) is 11.8. The predicted octanol–water partition coefficient (Wildman–Crippen LogP) is 1.57. The second-order valence-electron chi connectivity index (χ2n) is 8.16. The molecule has 0 aliphatic rings. The Balaban J connectivity index is 0.0000130. The van der Waals surface area contributed by atoms with Gasteiger partial charge in [0, 0.05) is 13.3 Å². The Labute approximate surface area is 224 Å². The molecule has 1 aromatic rings. The summed E-state index contributed by atoms with van der Waals surface area (Å²) in [5, 5.41) is 7.98. The molecule has 0 unspecified atom stereocenters. The molecule has 1 aromatic carbocycles. The van der Waals surface area contributed by atoms with Crippen molar-refractivity contribution in [2.75, 3.05) is 20.3 Å². The Hall–Kier alpha value is -3.37. The van der Waals surface area contributed by atoms with Crippen molar-refractivity contribution >= 4 is 36.1 Å². The summed E-state index contributed by atoms with van der Waals surface area (Å²) in [5.74, 6) is -1.42. The summed E-state index contributed by atoms with van der Waals surface area (Å²) < 4.78 is 10.2. The summed E-state index contributed by atoms with van der Waals surface area (Å²) >= 11 is 0. The molecular formula is C26H39ClN4O6. The van der Waals surface area contributed by atoms with Crippen molar-refractivity contribution in [3.05, 3.63) is 55.1 Å². The number of carbonyl (C=O) groups excluding carboxylic acids is 4. The maximum Gasteiger partial charge on any atom is 0.328 e. The van der Waals surface area contributed by atoms with Gasteiger partial charge in [-0.25, -0.2) is 4.79 Å². The Morgan fingerprint density at radius 1 is 0.946 bits per heavy atom. The number of carbonyl (C=O) groups is 4. The largest absolute Gasteiger partial charge is 0.490 e. The zero-order chi connectivity index (χ0) is 26.9. The molecule has 0 spiro atoms. The van der Waals surface area contributed by atoms with Crippen molar-refractivity contribution in [1.82, 2.24) is 16.0 Å². The van der Waals surface area contributed by atoms with Crippen molar-refractivity contribution in [3.63, 3.8) is 0 Å². The number of halogens is 1. The number of unbranched alkanes of at least 4 members (excludes halogenated alkanes) is 1. The van der Waals surface area contributed by atoms with Gasteiger partial charge < -0.3 is 31.2 Å². The highest BCUT2D eigenvalue weighted by atomic mass is 35.5. The molecule has 5 N–H and O–H groups in total. The molecule has 206 valence electrons. The first-order chi connectivity index (χ1) is 17.2. The smallest absolute Gasteiger partial charge is 0.328 e. The van der Waals surface area contributed by atoms with Gasteiger partial charge in [-0.3, -0.25) is 14.4 Å². The Morgan fingerprint density at radius 3 is 2.11 bits per heavy atom. The molecule has 11 heteroatoms. The van der Waals surface area contributed by atoms with Gasteiger partial charge in [-0.15, -0.1) is 19.0 Å². The van der Waals surface area contributed by atoms with Crippen LogP contribution in [0, 0.1) is 0 Å². The van der Waals surface area contributed by atoms with Crippen LogP contribution < -0.4 is 26.4 Å². The lowest BCUT2D eigenvalue weighted by molar-refractivity contribution is -0.145. The van der Waals surface area contributed by atoms with Crippen molar-refractivity contribution in [2.45, 2.75) is 57.2 Å². The minimum Gasteiger partial charge on any atom is -0.490 e. The van der Waals surface area contributed by atoms with Crippen LogP contribution in [0.15, 0.2) is 49.6 Å². The molecule has 0 fully saturated rings. The van der Waals surface area contributed by atoms with Gasteiger partial charge >= 0.3 is 5.97 Å². The first-order valence-electron chi connectivity index (χ1n) is 11.8. The van der Waals surface area contributed by atoms with E-state index in [9.17, 15) is 19.2 Å². The zero-order valence-electron chi connectivity index (χ0n) is 21.5. The standard InChI is InChI=1S/C26H38N4O6.ClH/c1-5-9-22(26(34)35-4)30-24(32)21(10-7-8-15-27)29-25(33)23(28-18(3)31)17-19-11-13-20(14-12-19)36-16-6-2;/h5-6,11-14,21-23H,1-2,7-10,15-17,27H2,3-4H3,(H,28,31)(H,29,33)(H,30,32);1H/t21-,22-,23-;/m0./s1. The lowest BCUT2D eigenvalue weighted by Gasteiger charge is -2.24. The molecule has 10 nitrogen and oxygen atoms in total. The van der Waals surface area contributed by atoms with E-state index >= 15 is 0 Å². The molecule has 0 saturated carbocycles. The molecule has 0 aromatic heterocycles. The third-order valence-electron chi connectivity index (χ3n) is 5.21. The number of rotatable bonds is 17. The third kappa shape index (κ3) is 12.9. The van der Waals surface area contributed by atoms with Gasteiger partial charge in [-0.1, -0.05) is 30.9 Å². The number of ether oxygens (including phenoxy) is 2. The fourth-order valence-corrected chi connectivity index (χ4v) is 3.40. The lowest BCUT2D eigenvalue weighted by atomic mass is 10.0. The summed E-state index contributed by atoms with van der Waals surface area (Å²) in [6.45, 7) is 9.32. The number of hydrogen-bond acceptors (Lipinski definition) is 7. The van der Waals surface area contributed by atoms with E-state index in [4.69, 9.17) is 15.2 Å². The van der Waals surface area contributed by atoms with Crippen LogP contribution in [0.1, 0.15) is 38.2 Å². The van der Waals surface area contributed by atoms with Crippen LogP contribution in [-0.4, -0.2) is 62.1 Å². The maximum absolute atomic E-state index is 13.2.